The van der Waals surface area contributed by atoms with Crippen molar-refractivity contribution in [1.82, 2.24) is 9.55 Å². The molecule has 94 valence electrons. The van der Waals surface area contributed by atoms with Crippen LogP contribution in [0.2, 0.25) is 0 Å². The molecule has 0 unspecified atom stereocenters. The van der Waals surface area contributed by atoms with Crippen molar-refractivity contribution in [2.75, 3.05) is 0 Å². The van der Waals surface area contributed by atoms with Crippen molar-refractivity contribution in [1.29, 1.82) is 0 Å². The molecule has 0 aliphatic rings. The van der Waals surface area contributed by atoms with Gasteiger partial charge in [-0.25, -0.2) is 4.98 Å². The van der Waals surface area contributed by atoms with Crippen molar-refractivity contribution in [3.8, 4) is 5.69 Å². The standard InChI is InChI=1S/C14H17N3O/c1-2-3-5-11-12(14(15)18)6-4-7-13(11)17-9-8-16-10-17/h4,6-10H,2-3,5H2,1H3,(H2,15,18). The van der Waals surface area contributed by atoms with Crippen LogP contribution in [0.4, 0.5) is 0 Å². The van der Waals surface area contributed by atoms with Crippen molar-refractivity contribution in [3.05, 3.63) is 48.0 Å². The average Bonchev–Trinajstić information content (AvgIpc) is 2.89. The monoisotopic (exact) mass is 243 g/mol. The Bertz CT molecular complexity index is 532. The number of hydrogen-bond acceptors (Lipinski definition) is 2. The molecule has 2 aromatic rings. The van der Waals surface area contributed by atoms with Crippen molar-refractivity contribution in [3.63, 3.8) is 0 Å². The third-order valence-corrected chi connectivity index (χ3v) is 2.98. The molecule has 0 spiro atoms. The van der Waals surface area contributed by atoms with Crippen molar-refractivity contribution in [2.24, 2.45) is 5.73 Å². The van der Waals surface area contributed by atoms with Crippen molar-refractivity contribution >= 4 is 5.91 Å². The Balaban J connectivity index is 2.51. The molecule has 0 radical (unpaired) electrons. The number of imidazole rings is 1. The van der Waals surface area contributed by atoms with Gasteiger partial charge in [-0.15, -0.1) is 0 Å². The Kier molecular flexibility index (Phi) is 3.77. The minimum atomic E-state index is -0.372. The topological polar surface area (TPSA) is 60.9 Å². The largest absolute Gasteiger partial charge is 0.366 e. The molecule has 4 nitrogen and oxygen atoms in total. The van der Waals surface area contributed by atoms with E-state index in [4.69, 9.17) is 5.73 Å². The second-order valence-corrected chi connectivity index (χ2v) is 4.24. The fraction of sp³-hybridized carbons (Fsp3) is 0.286. The lowest BCUT2D eigenvalue weighted by Crippen LogP contribution is -2.15. The Morgan fingerprint density at radius 2 is 2.28 bits per heavy atom. The molecule has 0 saturated heterocycles. The summed E-state index contributed by atoms with van der Waals surface area (Å²) in [6.07, 6.45) is 8.29. The van der Waals surface area contributed by atoms with E-state index in [1.54, 1.807) is 18.6 Å². The summed E-state index contributed by atoms with van der Waals surface area (Å²) in [7, 11) is 0. The van der Waals surface area contributed by atoms with E-state index in [1.165, 1.54) is 0 Å². The minimum absolute atomic E-state index is 0.372. The van der Waals surface area contributed by atoms with Crippen LogP contribution in [0, 0.1) is 0 Å². The maximum atomic E-state index is 11.5. The zero-order chi connectivity index (χ0) is 13.0. The van der Waals surface area contributed by atoms with Crippen LogP contribution >= 0.6 is 0 Å². The molecule has 1 aromatic carbocycles. The Morgan fingerprint density at radius 3 is 2.89 bits per heavy atom. The zero-order valence-electron chi connectivity index (χ0n) is 10.5. The first-order valence-electron chi connectivity index (χ1n) is 6.14. The molecule has 1 amide bonds. The van der Waals surface area contributed by atoms with Gasteiger partial charge >= 0.3 is 0 Å². The predicted molar refractivity (Wildman–Crippen MR) is 70.7 cm³/mol. The molecule has 0 aliphatic carbocycles. The van der Waals surface area contributed by atoms with E-state index in [0.717, 1.165) is 30.5 Å². The first kappa shape index (κ1) is 12.4. The summed E-state index contributed by atoms with van der Waals surface area (Å²) >= 11 is 0. The highest BCUT2D eigenvalue weighted by Crippen LogP contribution is 2.21. The van der Waals surface area contributed by atoms with E-state index >= 15 is 0 Å². The fourth-order valence-electron chi connectivity index (χ4n) is 2.07. The quantitative estimate of drug-likeness (QED) is 0.876. The summed E-state index contributed by atoms with van der Waals surface area (Å²) in [6.45, 7) is 2.13. The summed E-state index contributed by atoms with van der Waals surface area (Å²) in [5, 5.41) is 0. The number of benzene rings is 1. The van der Waals surface area contributed by atoms with E-state index in [1.807, 2.05) is 22.9 Å². The predicted octanol–water partition coefficient (Wildman–Crippen LogP) is 2.31. The van der Waals surface area contributed by atoms with Crippen LogP contribution in [0.3, 0.4) is 0 Å². The number of hydrogen-bond donors (Lipinski definition) is 1. The maximum absolute atomic E-state index is 11.5. The first-order valence-corrected chi connectivity index (χ1v) is 6.14. The van der Waals surface area contributed by atoms with Gasteiger partial charge in [0.2, 0.25) is 5.91 Å². The summed E-state index contributed by atoms with van der Waals surface area (Å²) in [5.41, 5.74) is 8.04. The third-order valence-electron chi connectivity index (χ3n) is 2.98. The van der Waals surface area contributed by atoms with E-state index in [-0.39, 0.29) is 5.91 Å². The molecular weight excluding hydrogens is 226 g/mol. The van der Waals surface area contributed by atoms with Crippen LogP contribution in [0.5, 0.6) is 0 Å². The molecule has 1 aromatic heterocycles. The number of aromatic nitrogens is 2. The number of carbonyl (C=O) groups excluding carboxylic acids is 1. The van der Waals surface area contributed by atoms with Gasteiger partial charge in [0.25, 0.3) is 0 Å². The van der Waals surface area contributed by atoms with Crippen molar-refractivity contribution < 1.29 is 4.79 Å². The van der Waals surface area contributed by atoms with Crippen molar-refractivity contribution in [2.45, 2.75) is 26.2 Å². The molecule has 0 saturated carbocycles. The number of unbranched alkanes of at least 4 members (excludes halogenated alkanes) is 1. The molecule has 2 rings (SSSR count). The van der Waals surface area contributed by atoms with Gasteiger partial charge in [-0.05, 0) is 30.5 Å². The number of nitrogens with two attached hydrogens (primary N) is 1. The molecule has 18 heavy (non-hydrogen) atoms. The van der Waals surface area contributed by atoms with E-state index < -0.39 is 0 Å². The van der Waals surface area contributed by atoms with Gasteiger partial charge in [0.15, 0.2) is 0 Å². The summed E-state index contributed by atoms with van der Waals surface area (Å²) in [4.78, 5) is 15.5. The smallest absolute Gasteiger partial charge is 0.249 e. The van der Waals surface area contributed by atoms with Gasteiger partial charge in [-0.2, -0.15) is 0 Å². The van der Waals surface area contributed by atoms with Gasteiger partial charge in [0, 0.05) is 18.0 Å². The van der Waals surface area contributed by atoms with Gasteiger partial charge in [0.1, 0.15) is 0 Å². The highest BCUT2D eigenvalue weighted by molar-refractivity contribution is 5.95. The van der Waals surface area contributed by atoms with Crippen LogP contribution in [-0.2, 0) is 6.42 Å². The van der Waals surface area contributed by atoms with Crippen LogP contribution in [0.15, 0.2) is 36.9 Å². The number of primary amides is 1. The molecule has 2 N–H and O–H groups in total. The molecule has 1 heterocycles. The summed E-state index contributed by atoms with van der Waals surface area (Å²) in [5.74, 6) is -0.372. The molecule has 0 bridgehead atoms. The van der Waals surface area contributed by atoms with E-state index in [9.17, 15) is 4.79 Å². The lowest BCUT2D eigenvalue weighted by molar-refractivity contribution is 0.0999. The number of amides is 1. The second-order valence-electron chi connectivity index (χ2n) is 4.24. The SMILES string of the molecule is CCCCc1c(C(N)=O)cccc1-n1ccnc1. The maximum Gasteiger partial charge on any atom is 0.249 e. The molecular formula is C14H17N3O. The van der Waals surface area contributed by atoms with Gasteiger partial charge in [0.05, 0.1) is 12.0 Å². The minimum Gasteiger partial charge on any atom is -0.366 e. The van der Waals surface area contributed by atoms with Crippen LogP contribution in [0.25, 0.3) is 5.69 Å². The Morgan fingerprint density at radius 1 is 1.44 bits per heavy atom. The Hall–Kier alpha value is -2.10. The normalized spacial score (nSPS) is 10.5. The fourth-order valence-corrected chi connectivity index (χ4v) is 2.07. The Labute approximate surface area is 106 Å². The molecule has 0 atom stereocenters. The highest BCUT2D eigenvalue weighted by atomic mass is 16.1. The van der Waals surface area contributed by atoms with Gasteiger partial charge in [-0.1, -0.05) is 19.4 Å². The second kappa shape index (κ2) is 5.49. The van der Waals surface area contributed by atoms with E-state index in [2.05, 4.69) is 11.9 Å². The van der Waals surface area contributed by atoms with Gasteiger partial charge < -0.3 is 10.3 Å². The highest BCUT2D eigenvalue weighted by Gasteiger charge is 2.12. The van der Waals surface area contributed by atoms with Crippen LogP contribution in [0.1, 0.15) is 35.7 Å². The zero-order valence-corrected chi connectivity index (χ0v) is 10.5. The first-order chi connectivity index (χ1) is 8.74. The summed E-state index contributed by atoms with van der Waals surface area (Å²) in [6, 6.07) is 5.62. The lowest BCUT2D eigenvalue weighted by atomic mass is 9.99. The van der Waals surface area contributed by atoms with Gasteiger partial charge in [-0.3, -0.25) is 4.79 Å². The number of rotatable bonds is 5. The average molecular weight is 243 g/mol. The number of nitrogens with zero attached hydrogens (tertiary/aromatic N) is 2. The van der Waals surface area contributed by atoms with Crippen LogP contribution < -0.4 is 5.73 Å². The van der Waals surface area contributed by atoms with Crippen LogP contribution in [-0.4, -0.2) is 15.5 Å². The summed E-state index contributed by atoms with van der Waals surface area (Å²) < 4.78 is 1.91. The van der Waals surface area contributed by atoms with E-state index in [0.29, 0.717) is 5.56 Å². The molecule has 4 heteroatoms. The molecule has 0 aliphatic heterocycles. The molecule has 0 fully saturated rings. The number of carbonyl (C=O) groups is 1. The third kappa shape index (κ3) is 2.42. The lowest BCUT2D eigenvalue weighted by Gasteiger charge is -2.13.